The number of thiophene rings is 1. The molecule has 0 unspecified atom stereocenters. The molecule has 0 aliphatic carbocycles. The summed E-state index contributed by atoms with van der Waals surface area (Å²) in [5, 5.41) is 6.19. The fourth-order valence-corrected chi connectivity index (χ4v) is 3.97. The Morgan fingerprint density at radius 3 is 2.52 bits per heavy atom. The summed E-state index contributed by atoms with van der Waals surface area (Å²) in [4.78, 5) is 28.4. The van der Waals surface area contributed by atoms with Crippen LogP contribution in [-0.2, 0) is 11.2 Å². The Bertz CT molecular complexity index is 748. The maximum absolute atomic E-state index is 12.6. The van der Waals surface area contributed by atoms with Gasteiger partial charge in [0.05, 0.1) is 6.42 Å². The number of nitrogens with one attached hydrogen (secondary N) is 1. The van der Waals surface area contributed by atoms with E-state index in [0.29, 0.717) is 45.1 Å². The Balaban J connectivity index is 1.52. The summed E-state index contributed by atoms with van der Waals surface area (Å²) in [6.45, 7) is 7.24. The van der Waals surface area contributed by atoms with Gasteiger partial charge in [0.2, 0.25) is 5.91 Å². The van der Waals surface area contributed by atoms with Crippen molar-refractivity contribution in [2.45, 2.75) is 20.3 Å². The van der Waals surface area contributed by atoms with Gasteiger partial charge in [-0.15, -0.1) is 11.3 Å². The first kappa shape index (κ1) is 17.7. The molecule has 0 bridgehead atoms. The van der Waals surface area contributed by atoms with E-state index in [2.05, 4.69) is 36.7 Å². The van der Waals surface area contributed by atoms with Crippen LogP contribution in [0.3, 0.4) is 0 Å². The van der Waals surface area contributed by atoms with Gasteiger partial charge in [-0.2, -0.15) is 0 Å². The maximum Gasteiger partial charge on any atom is 0.317 e. The van der Waals surface area contributed by atoms with Crippen LogP contribution in [0.5, 0.6) is 0 Å². The van der Waals surface area contributed by atoms with Crippen LogP contribution in [0.1, 0.15) is 19.4 Å². The largest absolute Gasteiger partial charge is 0.339 e. The second kappa shape index (κ2) is 7.87. The predicted molar refractivity (Wildman–Crippen MR) is 102 cm³/mol. The lowest BCUT2D eigenvalue weighted by atomic mass is 10.1. The third kappa shape index (κ3) is 4.31. The molecule has 6 heteroatoms. The van der Waals surface area contributed by atoms with E-state index in [0.717, 1.165) is 5.56 Å². The van der Waals surface area contributed by atoms with Crippen molar-refractivity contribution < 1.29 is 9.59 Å². The number of urea groups is 1. The van der Waals surface area contributed by atoms with E-state index < -0.39 is 0 Å². The first-order chi connectivity index (χ1) is 12.0. The summed E-state index contributed by atoms with van der Waals surface area (Å²) in [5.41, 5.74) is 1.10. The van der Waals surface area contributed by atoms with E-state index in [4.69, 9.17) is 0 Å². The zero-order chi connectivity index (χ0) is 17.8. The third-order valence-electron chi connectivity index (χ3n) is 4.48. The average Bonchev–Trinajstić information content (AvgIpc) is 3.03. The Hall–Kier alpha value is -2.08. The summed E-state index contributed by atoms with van der Waals surface area (Å²) in [6.07, 6.45) is 0.434. The first-order valence-electron chi connectivity index (χ1n) is 8.80. The normalized spacial score (nSPS) is 15.0. The van der Waals surface area contributed by atoms with Gasteiger partial charge in [-0.25, -0.2) is 4.79 Å². The second-order valence-corrected chi connectivity index (χ2v) is 7.79. The molecule has 25 heavy (non-hydrogen) atoms. The molecule has 0 atom stereocenters. The van der Waals surface area contributed by atoms with Gasteiger partial charge in [0.1, 0.15) is 0 Å². The molecule has 1 aliphatic heterocycles. The predicted octanol–water partition coefficient (Wildman–Crippen LogP) is 2.95. The molecule has 3 amide bonds. The highest BCUT2D eigenvalue weighted by atomic mass is 32.1. The average molecular weight is 359 g/mol. The van der Waals surface area contributed by atoms with Crippen molar-refractivity contribution >= 4 is 33.4 Å². The van der Waals surface area contributed by atoms with Crippen LogP contribution in [0.25, 0.3) is 10.1 Å². The lowest BCUT2D eigenvalue weighted by Gasteiger charge is -2.35. The monoisotopic (exact) mass is 359 g/mol. The van der Waals surface area contributed by atoms with E-state index in [9.17, 15) is 9.59 Å². The van der Waals surface area contributed by atoms with Crippen molar-refractivity contribution in [3.8, 4) is 0 Å². The van der Waals surface area contributed by atoms with Crippen LogP contribution in [0.2, 0.25) is 0 Å². The number of hydrogen-bond donors (Lipinski definition) is 1. The number of piperazine rings is 1. The molecule has 0 radical (unpaired) electrons. The number of hydrogen-bond acceptors (Lipinski definition) is 3. The maximum atomic E-state index is 12.6. The number of amides is 3. The van der Waals surface area contributed by atoms with Gasteiger partial charge in [-0.05, 0) is 28.3 Å². The molecule has 0 spiro atoms. The number of benzene rings is 1. The minimum Gasteiger partial charge on any atom is -0.339 e. The molecule has 3 rings (SSSR count). The highest BCUT2D eigenvalue weighted by Crippen LogP contribution is 2.26. The van der Waals surface area contributed by atoms with Crippen LogP contribution >= 0.6 is 11.3 Å². The highest BCUT2D eigenvalue weighted by molar-refractivity contribution is 7.17. The van der Waals surface area contributed by atoms with Gasteiger partial charge in [0, 0.05) is 37.4 Å². The molecule has 1 N–H and O–H groups in total. The van der Waals surface area contributed by atoms with Crippen LogP contribution in [0.4, 0.5) is 4.79 Å². The van der Waals surface area contributed by atoms with Crippen molar-refractivity contribution in [3.05, 3.63) is 35.2 Å². The molecule has 5 nitrogen and oxygen atoms in total. The Labute approximate surface area is 152 Å². The Morgan fingerprint density at radius 1 is 1.12 bits per heavy atom. The summed E-state index contributed by atoms with van der Waals surface area (Å²) in [7, 11) is 0. The first-order valence-corrected chi connectivity index (χ1v) is 9.68. The minimum absolute atomic E-state index is 0.0235. The Morgan fingerprint density at radius 2 is 1.80 bits per heavy atom. The summed E-state index contributed by atoms with van der Waals surface area (Å²) < 4.78 is 1.22. The number of carbonyl (C=O) groups excluding carboxylic acids is 2. The zero-order valence-electron chi connectivity index (χ0n) is 14.8. The molecule has 1 saturated heterocycles. The van der Waals surface area contributed by atoms with E-state index in [1.807, 2.05) is 17.0 Å². The van der Waals surface area contributed by atoms with Crippen molar-refractivity contribution in [2.24, 2.45) is 5.92 Å². The standard InChI is InChI=1S/C19H25N3O2S/c1-14(2)12-20-19(24)22-9-7-21(8-10-22)18(23)11-15-13-25-17-6-4-3-5-16(15)17/h3-6,13-14H,7-12H2,1-2H3,(H,20,24). The SMILES string of the molecule is CC(C)CNC(=O)N1CCN(C(=O)Cc2csc3ccccc23)CC1. The van der Waals surface area contributed by atoms with E-state index in [1.165, 1.54) is 10.1 Å². The fourth-order valence-electron chi connectivity index (χ4n) is 3.01. The summed E-state index contributed by atoms with van der Waals surface area (Å²) in [6, 6.07) is 8.17. The molecule has 2 heterocycles. The number of carbonyl (C=O) groups is 2. The second-order valence-electron chi connectivity index (χ2n) is 6.88. The van der Waals surface area contributed by atoms with Crippen LogP contribution in [0, 0.1) is 5.92 Å². The lowest BCUT2D eigenvalue weighted by Crippen LogP contribution is -2.53. The van der Waals surface area contributed by atoms with Gasteiger partial charge in [-0.1, -0.05) is 32.0 Å². The lowest BCUT2D eigenvalue weighted by molar-refractivity contribution is -0.131. The van der Waals surface area contributed by atoms with Gasteiger partial charge >= 0.3 is 6.03 Å². The molecule has 134 valence electrons. The number of fused-ring (bicyclic) bond motifs is 1. The smallest absolute Gasteiger partial charge is 0.317 e. The van der Waals surface area contributed by atoms with E-state index in [1.54, 1.807) is 16.2 Å². The van der Waals surface area contributed by atoms with Gasteiger partial charge in [0.15, 0.2) is 0 Å². The fraction of sp³-hybridized carbons (Fsp3) is 0.474. The van der Waals surface area contributed by atoms with Crippen molar-refractivity contribution in [1.82, 2.24) is 15.1 Å². The third-order valence-corrected chi connectivity index (χ3v) is 5.50. The van der Waals surface area contributed by atoms with E-state index >= 15 is 0 Å². The highest BCUT2D eigenvalue weighted by Gasteiger charge is 2.24. The van der Waals surface area contributed by atoms with Crippen LogP contribution < -0.4 is 5.32 Å². The molecule has 1 aliphatic rings. The van der Waals surface area contributed by atoms with Crippen LogP contribution in [-0.4, -0.2) is 54.5 Å². The van der Waals surface area contributed by atoms with Crippen LogP contribution in [0.15, 0.2) is 29.6 Å². The molecule has 2 aromatic rings. The van der Waals surface area contributed by atoms with E-state index in [-0.39, 0.29) is 11.9 Å². The number of rotatable bonds is 4. The quantitative estimate of drug-likeness (QED) is 0.912. The van der Waals surface area contributed by atoms with Crippen molar-refractivity contribution in [2.75, 3.05) is 32.7 Å². The Kier molecular flexibility index (Phi) is 5.58. The van der Waals surface area contributed by atoms with Gasteiger partial charge in [0.25, 0.3) is 0 Å². The molecule has 1 fully saturated rings. The molecule has 1 aromatic carbocycles. The minimum atomic E-state index is -0.0235. The molecular weight excluding hydrogens is 334 g/mol. The van der Waals surface area contributed by atoms with Crippen molar-refractivity contribution in [1.29, 1.82) is 0 Å². The molecule has 0 saturated carbocycles. The number of nitrogens with zero attached hydrogens (tertiary/aromatic N) is 2. The molecule has 1 aromatic heterocycles. The zero-order valence-corrected chi connectivity index (χ0v) is 15.6. The van der Waals surface area contributed by atoms with Crippen molar-refractivity contribution in [3.63, 3.8) is 0 Å². The summed E-state index contributed by atoms with van der Waals surface area (Å²) >= 11 is 1.68. The van der Waals surface area contributed by atoms with Gasteiger partial charge in [-0.3, -0.25) is 4.79 Å². The van der Waals surface area contributed by atoms with Gasteiger partial charge < -0.3 is 15.1 Å². The topological polar surface area (TPSA) is 52.7 Å². The molecular formula is C19H25N3O2S. The summed E-state index contributed by atoms with van der Waals surface area (Å²) in [5.74, 6) is 0.582.